The Labute approximate surface area is 128 Å². The molecule has 2 amide bonds. The third-order valence-corrected chi connectivity index (χ3v) is 3.62. The van der Waals surface area contributed by atoms with Crippen LogP contribution in [0.15, 0.2) is 48.5 Å². The maximum Gasteiger partial charge on any atom is 0.322 e. The molecule has 0 fully saturated rings. The van der Waals surface area contributed by atoms with E-state index in [1.54, 1.807) is 31.3 Å². The van der Waals surface area contributed by atoms with E-state index >= 15 is 0 Å². The van der Waals surface area contributed by atoms with Crippen molar-refractivity contribution in [1.29, 1.82) is 0 Å². The Hall–Kier alpha value is -2.07. The Bertz CT molecular complexity index is 630. The van der Waals surface area contributed by atoms with Gasteiger partial charge in [-0.25, -0.2) is 9.18 Å². The summed E-state index contributed by atoms with van der Waals surface area (Å²) >= 11 is 5.85. The largest absolute Gasteiger partial charge is 0.322 e. The maximum atomic E-state index is 13.5. The summed E-state index contributed by atoms with van der Waals surface area (Å²) < 4.78 is 13.5. The van der Waals surface area contributed by atoms with Crippen molar-refractivity contribution >= 4 is 23.3 Å². The van der Waals surface area contributed by atoms with Crippen LogP contribution in [0, 0.1) is 5.82 Å². The van der Waals surface area contributed by atoms with Crippen molar-refractivity contribution in [3.8, 4) is 0 Å². The Morgan fingerprint density at radius 1 is 1.19 bits per heavy atom. The van der Waals surface area contributed by atoms with Gasteiger partial charge in [0, 0.05) is 12.1 Å². The van der Waals surface area contributed by atoms with Crippen molar-refractivity contribution in [2.45, 2.75) is 13.0 Å². The molecule has 110 valence electrons. The van der Waals surface area contributed by atoms with Gasteiger partial charge in [0.25, 0.3) is 0 Å². The summed E-state index contributed by atoms with van der Waals surface area (Å²) in [4.78, 5) is 13.7. The summed E-state index contributed by atoms with van der Waals surface area (Å²) in [6, 6.07) is 12.8. The molecule has 0 aliphatic heterocycles. The van der Waals surface area contributed by atoms with Gasteiger partial charge < -0.3 is 10.2 Å². The molecule has 1 N–H and O–H groups in total. The molecule has 3 nitrogen and oxygen atoms in total. The fourth-order valence-corrected chi connectivity index (χ4v) is 2.03. The van der Waals surface area contributed by atoms with Crippen LogP contribution >= 0.6 is 11.6 Å². The summed E-state index contributed by atoms with van der Waals surface area (Å²) in [5.41, 5.74) is 1.11. The highest BCUT2D eigenvalue weighted by Crippen LogP contribution is 2.22. The average Bonchev–Trinajstić information content (AvgIpc) is 2.49. The zero-order valence-electron chi connectivity index (χ0n) is 11.8. The van der Waals surface area contributed by atoms with Gasteiger partial charge in [-0.15, -0.1) is 0 Å². The van der Waals surface area contributed by atoms with Crippen LogP contribution in [0.3, 0.4) is 0 Å². The van der Waals surface area contributed by atoms with E-state index < -0.39 is 5.82 Å². The van der Waals surface area contributed by atoms with E-state index in [0.717, 1.165) is 5.56 Å². The molecule has 0 aliphatic carbocycles. The van der Waals surface area contributed by atoms with Crippen molar-refractivity contribution in [2.75, 3.05) is 12.4 Å². The van der Waals surface area contributed by atoms with Crippen LogP contribution in [0.4, 0.5) is 14.9 Å². The standard InChI is InChI=1S/C16H16ClFN2O/c1-11(12-7-9-13(17)10-8-12)20(2)16(21)19-15-6-4-3-5-14(15)18/h3-11H,1-2H3,(H,19,21). The molecule has 2 rings (SSSR count). The lowest BCUT2D eigenvalue weighted by Gasteiger charge is -2.25. The number of para-hydroxylation sites is 1. The molecule has 1 unspecified atom stereocenters. The Kier molecular flexibility index (Phi) is 4.81. The van der Waals surface area contributed by atoms with Gasteiger partial charge in [-0.1, -0.05) is 35.9 Å². The minimum atomic E-state index is -0.460. The quantitative estimate of drug-likeness (QED) is 0.875. The monoisotopic (exact) mass is 306 g/mol. The van der Waals surface area contributed by atoms with Crippen LogP contribution in [0.5, 0.6) is 0 Å². The number of hydrogen-bond acceptors (Lipinski definition) is 1. The summed E-state index contributed by atoms with van der Waals surface area (Å²) in [7, 11) is 1.66. The molecule has 0 heterocycles. The van der Waals surface area contributed by atoms with Crippen molar-refractivity contribution in [2.24, 2.45) is 0 Å². The Balaban J connectivity index is 2.08. The molecular weight excluding hydrogens is 291 g/mol. The third-order valence-electron chi connectivity index (χ3n) is 3.37. The molecule has 0 bridgehead atoms. The van der Waals surface area contributed by atoms with E-state index in [1.165, 1.54) is 17.0 Å². The molecule has 0 aromatic heterocycles. The van der Waals surface area contributed by atoms with E-state index in [4.69, 9.17) is 11.6 Å². The summed E-state index contributed by atoms with van der Waals surface area (Å²) in [5, 5.41) is 3.20. The number of carbonyl (C=O) groups is 1. The van der Waals surface area contributed by atoms with Crippen molar-refractivity contribution in [1.82, 2.24) is 4.90 Å². The highest BCUT2D eigenvalue weighted by atomic mass is 35.5. The maximum absolute atomic E-state index is 13.5. The molecular formula is C16H16ClFN2O. The minimum Gasteiger partial charge on any atom is -0.321 e. The molecule has 0 saturated heterocycles. The first-order chi connectivity index (χ1) is 9.99. The van der Waals surface area contributed by atoms with Gasteiger partial charge >= 0.3 is 6.03 Å². The number of benzene rings is 2. The Morgan fingerprint density at radius 3 is 2.43 bits per heavy atom. The van der Waals surface area contributed by atoms with Crippen LogP contribution in [0.2, 0.25) is 5.02 Å². The first-order valence-corrected chi connectivity index (χ1v) is 6.90. The first kappa shape index (κ1) is 15.3. The molecule has 21 heavy (non-hydrogen) atoms. The van der Waals surface area contributed by atoms with E-state index in [9.17, 15) is 9.18 Å². The van der Waals surface area contributed by atoms with Gasteiger partial charge in [0.1, 0.15) is 5.82 Å². The molecule has 0 saturated carbocycles. The second kappa shape index (κ2) is 6.59. The van der Waals surface area contributed by atoms with Gasteiger partial charge in [0.2, 0.25) is 0 Å². The van der Waals surface area contributed by atoms with Gasteiger partial charge in [-0.2, -0.15) is 0 Å². The van der Waals surface area contributed by atoms with Gasteiger partial charge in [-0.05, 0) is 36.8 Å². The number of urea groups is 1. The number of rotatable bonds is 3. The molecule has 5 heteroatoms. The first-order valence-electron chi connectivity index (χ1n) is 6.53. The molecule has 0 radical (unpaired) electrons. The highest BCUT2D eigenvalue weighted by Gasteiger charge is 2.18. The molecule has 1 atom stereocenters. The SMILES string of the molecule is CC(c1ccc(Cl)cc1)N(C)C(=O)Nc1ccccc1F. The van der Waals surface area contributed by atoms with Gasteiger partial charge in [0.15, 0.2) is 0 Å². The van der Waals surface area contributed by atoms with Crippen molar-refractivity contribution in [3.05, 3.63) is 64.9 Å². The number of carbonyl (C=O) groups excluding carboxylic acids is 1. The lowest BCUT2D eigenvalue weighted by Crippen LogP contribution is -2.33. The molecule has 0 aliphatic rings. The zero-order chi connectivity index (χ0) is 15.4. The van der Waals surface area contributed by atoms with Crippen LogP contribution in [-0.4, -0.2) is 18.0 Å². The number of nitrogens with zero attached hydrogens (tertiary/aromatic N) is 1. The second-order valence-electron chi connectivity index (χ2n) is 4.75. The predicted octanol–water partition coefficient (Wildman–Crippen LogP) is 4.70. The van der Waals surface area contributed by atoms with Crippen LogP contribution < -0.4 is 5.32 Å². The zero-order valence-corrected chi connectivity index (χ0v) is 12.6. The van der Waals surface area contributed by atoms with Crippen molar-refractivity contribution < 1.29 is 9.18 Å². The topological polar surface area (TPSA) is 32.3 Å². The Morgan fingerprint density at radius 2 is 1.81 bits per heavy atom. The van der Waals surface area contributed by atoms with E-state index in [0.29, 0.717) is 5.02 Å². The predicted molar refractivity (Wildman–Crippen MR) is 83.0 cm³/mol. The molecule has 2 aromatic rings. The number of amides is 2. The summed E-state index contributed by atoms with van der Waals surface area (Å²) in [5.74, 6) is -0.460. The van der Waals surface area contributed by atoms with E-state index in [1.807, 2.05) is 19.1 Å². The number of nitrogens with one attached hydrogen (secondary N) is 1. The number of anilines is 1. The van der Waals surface area contributed by atoms with Crippen molar-refractivity contribution in [3.63, 3.8) is 0 Å². The highest BCUT2D eigenvalue weighted by molar-refractivity contribution is 6.30. The van der Waals surface area contributed by atoms with Gasteiger partial charge in [-0.3, -0.25) is 0 Å². The van der Waals surface area contributed by atoms with Gasteiger partial charge in [0.05, 0.1) is 11.7 Å². The average molecular weight is 307 g/mol. The fourth-order valence-electron chi connectivity index (χ4n) is 1.91. The number of hydrogen-bond donors (Lipinski definition) is 1. The fraction of sp³-hybridized carbons (Fsp3) is 0.188. The lowest BCUT2D eigenvalue weighted by atomic mass is 10.1. The summed E-state index contributed by atoms with van der Waals surface area (Å²) in [6.45, 7) is 1.89. The minimum absolute atomic E-state index is 0.158. The van der Waals surface area contributed by atoms with E-state index in [2.05, 4.69) is 5.32 Å². The number of halogens is 2. The van der Waals surface area contributed by atoms with Crippen LogP contribution in [-0.2, 0) is 0 Å². The van der Waals surface area contributed by atoms with Crippen LogP contribution in [0.25, 0.3) is 0 Å². The summed E-state index contributed by atoms with van der Waals surface area (Å²) in [6.07, 6.45) is 0. The smallest absolute Gasteiger partial charge is 0.321 e. The lowest BCUT2D eigenvalue weighted by molar-refractivity contribution is 0.208. The molecule has 0 spiro atoms. The normalized spacial score (nSPS) is 11.8. The van der Waals surface area contributed by atoms with E-state index in [-0.39, 0.29) is 17.8 Å². The van der Waals surface area contributed by atoms with Crippen LogP contribution in [0.1, 0.15) is 18.5 Å². The molecule has 2 aromatic carbocycles. The third kappa shape index (κ3) is 3.73. The second-order valence-corrected chi connectivity index (χ2v) is 5.18.